The van der Waals surface area contributed by atoms with Crippen molar-refractivity contribution in [3.8, 4) is 67.5 Å². The van der Waals surface area contributed by atoms with Gasteiger partial charge in [-0.15, -0.1) is 0 Å². The van der Waals surface area contributed by atoms with Crippen molar-refractivity contribution in [1.29, 1.82) is 0 Å². The monoisotopic (exact) mass is 892 g/mol. The zero-order valence-electron chi connectivity index (χ0n) is 58.9. The molecule has 0 saturated heterocycles. The topological polar surface area (TPSA) is 50.9 Å². The summed E-state index contributed by atoms with van der Waals surface area (Å²) in [5, 5.41) is 13.2. The average Bonchev–Trinajstić information content (AvgIpc) is 0.769. The van der Waals surface area contributed by atoms with E-state index in [4.69, 9.17) is 34.6 Å². The van der Waals surface area contributed by atoms with Gasteiger partial charge in [-0.2, -0.15) is 0 Å². The number of nitrogens with zero attached hydrogens (tertiary/aromatic N) is 3. The van der Waals surface area contributed by atoms with Gasteiger partial charge in [0.15, 0.2) is 0 Å². The molecular weight excluding hydrogens is 803 g/mol. The van der Waals surface area contributed by atoms with E-state index in [1.54, 1.807) is 66.9 Å². The highest BCUT2D eigenvalue weighted by Crippen LogP contribution is 2.46. The van der Waals surface area contributed by atoms with Crippen LogP contribution in [0.4, 0.5) is 0 Å². The fourth-order valence-electron chi connectivity index (χ4n) is 8.23. The summed E-state index contributed by atoms with van der Waals surface area (Å²) in [6.45, 7) is -7.47. The Labute approximate surface area is 423 Å². The third-order valence-electron chi connectivity index (χ3n) is 12.1. The molecule has 0 unspecified atom stereocenters. The van der Waals surface area contributed by atoms with Gasteiger partial charge < -0.3 is 5.11 Å². The molecule has 0 radical (unpaired) electrons. The Balaban J connectivity index is 1.63. The second-order valence-corrected chi connectivity index (χ2v) is 20.3. The van der Waals surface area contributed by atoms with Gasteiger partial charge in [-0.1, -0.05) is 188 Å². The molecule has 0 saturated carbocycles. The Morgan fingerprint density at radius 1 is 0.485 bits per heavy atom. The highest BCUT2D eigenvalue weighted by Gasteiger charge is 2.30. The standard InChI is InChI=1S/C62H69N3O/c1-58(2,3)44-26-24-39(25-27-44)41-30-31-63-52(35-41)43-32-42(33-46(34-43)60(7,8)9)48-22-19-23-54-55(48)64-57(50-37-47(61(10,11)12)38-51(56(50)66)62(13,14)15)65(54)53-29-28-45(59(4,5)6)36-49(53)40-20-17-16-18-21-40/h16-38,66H,1-15H3/i10D3,11D3,12D3,13D3,14D3,15D3,37D,38D. The number of imidazole rings is 1. The molecule has 0 aliphatic heterocycles. The number of phenolic OH excluding ortho intramolecular Hbond substituents is 1. The molecule has 338 valence electrons. The molecule has 0 atom stereocenters. The summed E-state index contributed by atoms with van der Waals surface area (Å²) in [5.41, 5.74) is -6.40. The molecular formula is C62H69N3O. The number of phenols is 1. The number of aromatic nitrogens is 3. The van der Waals surface area contributed by atoms with E-state index in [1.807, 2.05) is 77.9 Å². The lowest BCUT2D eigenvalue weighted by Gasteiger charge is -2.28. The summed E-state index contributed by atoms with van der Waals surface area (Å²) >= 11 is 0. The third-order valence-corrected chi connectivity index (χ3v) is 12.1. The molecule has 0 amide bonds. The maximum absolute atomic E-state index is 13.2. The van der Waals surface area contributed by atoms with Crippen molar-refractivity contribution in [3.05, 3.63) is 167 Å². The van der Waals surface area contributed by atoms with Crippen LogP contribution in [0.15, 0.2) is 140 Å². The van der Waals surface area contributed by atoms with Crippen LogP contribution >= 0.6 is 0 Å². The molecule has 6 aromatic carbocycles. The van der Waals surface area contributed by atoms with Gasteiger partial charge in [0.05, 0.1) is 30.7 Å². The van der Waals surface area contributed by atoms with Crippen LogP contribution in [-0.2, 0) is 27.1 Å². The molecule has 66 heavy (non-hydrogen) atoms. The molecule has 2 heterocycles. The molecule has 0 aliphatic carbocycles. The number of fused-ring (bicyclic) bond motifs is 1. The minimum absolute atomic E-state index is 0.0679. The third kappa shape index (κ3) is 9.12. The summed E-state index contributed by atoms with van der Waals surface area (Å²) in [5.74, 6) is -2.34. The van der Waals surface area contributed by atoms with Gasteiger partial charge >= 0.3 is 0 Å². The van der Waals surface area contributed by atoms with Crippen LogP contribution in [0.2, 0.25) is 0 Å². The van der Waals surface area contributed by atoms with Gasteiger partial charge in [0, 0.05) is 53.1 Å². The number of hydrogen-bond donors (Lipinski definition) is 1. The van der Waals surface area contributed by atoms with E-state index in [0.29, 0.717) is 33.5 Å². The number of hydrogen-bond acceptors (Lipinski definition) is 3. The Bertz CT molecular complexity index is 3730. The molecule has 0 aliphatic rings. The highest BCUT2D eigenvalue weighted by molar-refractivity contribution is 5.98. The summed E-state index contributed by atoms with van der Waals surface area (Å²) in [6, 6.07) is 33.9. The smallest absolute Gasteiger partial charge is 0.149 e. The van der Waals surface area contributed by atoms with Crippen molar-refractivity contribution >= 4 is 11.0 Å². The second kappa shape index (κ2) is 16.6. The predicted molar refractivity (Wildman–Crippen MR) is 281 cm³/mol. The number of rotatable bonds is 6. The first kappa shape index (κ1) is 27.4. The van der Waals surface area contributed by atoms with Crippen LogP contribution in [-0.4, -0.2) is 19.6 Å². The van der Waals surface area contributed by atoms with Crippen molar-refractivity contribution in [2.24, 2.45) is 0 Å². The molecule has 4 heteroatoms. The SMILES string of the molecule is [2H]c1c(-c2nc3c(-c4cc(-c5cc(-c6ccc(C(C)(C)C)cc6)ccn5)cc(C(C)(C)C)c4)cccc3n2-c2ccc(C(C)(C)C)cc2-c2ccccc2)c(O)c(C(C([2H])([2H])[2H])(C([2H])([2H])[2H])C([2H])([2H])[2H])c([2H])c1C(C([2H])([2H])[2H])(C([2H])([2H])[2H])C([2H])([2H])[2H]. The number of para-hydroxylation sites is 1. The van der Waals surface area contributed by atoms with E-state index in [1.165, 1.54) is 4.57 Å². The maximum atomic E-state index is 13.2. The van der Waals surface area contributed by atoms with Crippen molar-refractivity contribution < 1.29 is 32.5 Å². The average molecular weight is 892 g/mol. The largest absolute Gasteiger partial charge is 0.507 e. The molecule has 0 fully saturated rings. The van der Waals surface area contributed by atoms with Gasteiger partial charge in [-0.05, 0) is 120 Å². The first-order valence-corrected chi connectivity index (χ1v) is 22.0. The molecule has 4 nitrogen and oxygen atoms in total. The van der Waals surface area contributed by atoms with Gasteiger partial charge in [0.1, 0.15) is 11.6 Å². The van der Waals surface area contributed by atoms with Crippen LogP contribution < -0.4 is 0 Å². The predicted octanol–water partition coefficient (Wildman–Crippen LogP) is 16.9. The van der Waals surface area contributed by atoms with Gasteiger partial charge in [0.2, 0.25) is 0 Å². The van der Waals surface area contributed by atoms with E-state index in [0.717, 1.165) is 27.8 Å². The Kier molecular flexibility index (Phi) is 6.87. The zero-order valence-corrected chi connectivity index (χ0v) is 38.9. The van der Waals surface area contributed by atoms with Crippen molar-refractivity contribution in [2.75, 3.05) is 0 Å². The Morgan fingerprint density at radius 3 is 1.79 bits per heavy atom. The molecule has 0 bridgehead atoms. The van der Waals surface area contributed by atoms with Gasteiger partial charge in [-0.3, -0.25) is 9.55 Å². The van der Waals surface area contributed by atoms with E-state index in [-0.39, 0.29) is 22.1 Å². The Morgan fingerprint density at radius 2 is 1.14 bits per heavy atom. The van der Waals surface area contributed by atoms with Crippen molar-refractivity contribution in [1.82, 2.24) is 14.5 Å². The maximum Gasteiger partial charge on any atom is 0.149 e. The zero-order chi connectivity index (χ0) is 64.5. The lowest BCUT2D eigenvalue weighted by atomic mass is 9.79. The van der Waals surface area contributed by atoms with Crippen molar-refractivity contribution in [3.63, 3.8) is 0 Å². The lowest BCUT2D eigenvalue weighted by molar-refractivity contribution is 0.446. The summed E-state index contributed by atoms with van der Waals surface area (Å²) < 4.78 is 180. The van der Waals surface area contributed by atoms with Crippen LogP contribution in [0, 0.1) is 0 Å². The van der Waals surface area contributed by atoms with Crippen LogP contribution in [0.5, 0.6) is 5.75 Å². The van der Waals surface area contributed by atoms with Crippen LogP contribution in [0.3, 0.4) is 0 Å². The number of pyridine rings is 1. The number of benzene rings is 6. The molecule has 8 aromatic rings. The van der Waals surface area contributed by atoms with Gasteiger partial charge in [0.25, 0.3) is 0 Å². The molecule has 8 rings (SSSR count). The first-order valence-electron chi connectivity index (χ1n) is 32.0. The Hall–Kier alpha value is -6.26. The minimum atomic E-state index is -4.42. The van der Waals surface area contributed by atoms with E-state index in [2.05, 4.69) is 45.0 Å². The first-order chi connectivity index (χ1) is 39.1. The van der Waals surface area contributed by atoms with Gasteiger partial charge in [-0.25, -0.2) is 4.98 Å². The quantitative estimate of drug-likeness (QED) is 0.181. The molecule has 0 spiro atoms. The molecule has 1 N–H and O–H groups in total. The van der Waals surface area contributed by atoms with E-state index in [9.17, 15) is 7.85 Å². The van der Waals surface area contributed by atoms with E-state index < -0.39 is 103 Å². The summed E-state index contributed by atoms with van der Waals surface area (Å²) in [4.78, 5) is 9.98. The molecule has 2 aromatic heterocycles. The van der Waals surface area contributed by atoms with Crippen LogP contribution in [0.1, 0.15) is 159 Å². The summed E-state index contributed by atoms with van der Waals surface area (Å²) in [7, 11) is 0. The van der Waals surface area contributed by atoms with E-state index >= 15 is 0 Å². The normalized spacial score (nSPS) is 18.4. The minimum Gasteiger partial charge on any atom is -0.507 e. The second-order valence-electron chi connectivity index (χ2n) is 20.3. The fourth-order valence-corrected chi connectivity index (χ4v) is 8.23. The fraction of sp³-hybridized carbons (Fsp3) is 0.323. The van der Waals surface area contributed by atoms with Crippen LogP contribution in [0.25, 0.3) is 72.7 Å². The van der Waals surface area contributed by atoms with Crippen molar-refractivity contribution in [2.45, 2.75) is 130 Å². The highest BCUT2D eigenvalue weighted by atomic mass is 16.3. The number of aromatic hydroxyl groups is 1. The summed E-state index contributed by atoms with van der Waals surface area (Å²) in [6.07, 6.45) is 1.71. The lowest BCUT2D eigenvalue weighted by Crippen LogP contribution is -2.17.